The maximum absolute atomic E-state index is 11.5. The molecule has 0 spiro atoms. The molecule has 0 unspecified atom stereocenters. The molecule has 0 radical (unpaired) electrons. The first-order chi connectivity index (χ1) is 6.89. The maximum atomic E-state index is 11.5. The number of hydrogen-bond acceptors (Lipinski definition) is 3. The minimum atomic E-state index is -0.363. The number of carbonyl (C=O) groups is 1. The molecule has 0 saturated carbocycles. The van der Waals surface area contributed by atoms with Crippen molar-refractivity contribution < 1.29 is 4.79 Å². The van der Waals surface area contributed by atoms with E-state index in [1.165, 1.54) is 0 Å². The number of nitrogens with one attached hydrogen (secondary N) is 1. The molecule has 4 heteroatoms. The van der Waals surface area contributed by atoms with Gasteiger partial charge in [-0.3, -0.25) is 4.79 Å². The highest BCUT2D eigenvalue weighted by molar-refractivity contribution is 5.81. The van der Waals surface area contributed by atoms with E-state index in [0.29, 0.717) is 6.54 Å². The third kappa shape index (κ3) is 3.65. The van der Waals surface area contributed by atoms with E-state index in [9.17, 15) is 4.79 Å². The number of carbonyl (C=O) groups excluding carboxylic acids is 1. The van der Waals surface area contributed by atoms with Crippen molar-refractivity contribution in [2.45, 2.75) is 34.2 Å². The van der Waals surface area contributed by atoms with Crippen LogP contribution in [0.2, 0.25) is 0 Å². The summed E-state index contributed by atoms with van der Waals surface area (Å²) in [6, 6.07) is 3.75. The third-order valence-electron chi connectivity index (χ3n) is 1.96. The van der Waals surface area contributed by atoms with E-state index in [1.807, 2.05) is 39.8 Å². The molecule has 1 aromatic rings. The summed E-state index contributed by atoms with van der Waals surface area (Å²) < 4.78 is 0. The van der Waals surface area contributed by atoms with E-state index in [2.05, 4.69) is 15.5 Å². The number of hydrogen-bond donors (Lipinski definition) is 1. The molecule has 0 saturated heterocycles. The fourth-order valence-corrected chi connectivity index (χ4v) is 0.957. The normalized spacial score (nSPS) is 11.2. The van der Waals surface area contributed by atoms with E-state index >= 15 is 0 Å². The smallest absolute Gasteiger partial charge is 0.225 e. The molecule has 0 aliphatic heterocycles. The second kappa shape index (κ2) is 4.38. The zero-order valence-corrected chi connectivity index (χ0v) is 9.66. The van der Waals surface area contributed by atoms with Crippen molar-refractivity contribution in [1.82, 2.24) is 15.5 Å². The van der Waals surface area contributed by atoms with Gasteiger partial charge in [-0.05, 0) is 19.1 Å². The summed E-state index contributed by atoms with van der Waals surface area (Å²) >= 11 is 0. The molecule has 1 heterocycles. The predicted molar refractivity (Wildman–Crippen MR) is 58.1 cm³/mol. The fourth-order valence-electron chi connectivity index (χ4n) is 0.957. The van der Waals surface area contributed by atoms with E-state index < -0.39 is 0 Å². The first-order valence-electron chi connectivity index (χ1n) is 4.97. The Bertz CT molecular complexity index is 338. The van der Waals surface area contributed by atoms with Crippen LogP contribution in [0.25, 0.3) is 0 Å². The third-order valence-corrected chi connectivity index (χ3v) is 1.96. The summed E-state index contributed by atoms with van der Waals surface area (Å²) in [7, 11) is 0. The molecule has 4 nitrogen and oxygen atoms in total. The van der Waals surface area contributed by atoms with E-state index in [1.54, 1.807) is 0 Å². The Morgan fingerprint density at radius 2 is 2.00 bits per heavy atom. The van der Waals surface area contributed by atoms with Crippen LogP contribution in [0.5, 0.6) is 0 Å². The maximum Gasteiger partial charge on any atom is 0.225 e. The molecule has 0 atom stereocenters. The van der Waals surface area contributed by atoms with Gasteiger partial charge in [-0.25, -0.2) is 0 Å². The van der Waals surface area contributed by atoms with Gasteiger partial charge < -0.3 is 5.32 Å². The summed E-state index contributed by atoms with van der Waals surface area (Å²) in [6.45, 7) is 7.95. The molecule has 1 amide bonds. The quantitative estimate of drug-likeness (QED) is 0.798. The van der Waals surface area contributed by atoms with Gasteiger partial charge >= 0.3 is 0 Å². The van der Waals surface area contributed by atoms with Crippen molar-refractivity contribution in [3.8, 4) is 0 Å². The first-order valence-corrected chi connectivity index (χ1v) is 4.97. The Kier molecular flexibility index (Phi) is 3.39. The van der Waals surface area contributed by atoms with Gasteiger partial charge in [0.2, 0.25) is 5.91 Å². The summed E-state index contributed by atoms with van der Waals surface area (Å²) in [5.74, 6) is 0.0184. The second-order valence-electron chi connectivity index (χ2n) is 4.60. The number of nitrogens with zero attached hydrogens (tertiary/aromatic N) is 2. The van der Waals surface area contributed by atoms with Crippen molar-refractivity contribution in [1.29, 1.82) is 0 Å². The second-order valence-corrected chi connectivity index (χ2v) is 4.60. The van der Waals surface area contributed by atoms with Crippen LogP contribution < -0.4 is 5.32 Å². The van der Waals surface area contributed by atoms with E-state index in [0.717, 1.165) is 11.4 Å². The molecule has 0 fully saturated rings. The van der Waals surface area contributed by atoms with E-state index in [4.69, 9.17) is 0 Å². The van der Waals surface area contributed by atoms with Gasteiger partial charge in [0, 0.05) is 5.41 Å². The van der Waals surface area contributed by atoms with Crippen molar-refractivity contribution >= 4 is 5.91 Å². The highest BCUT2D eigenvalue weighted by atomic mass is 16.2. The zero-order chi connectivity index (χ0) is 11.5. The van der Waals surface area contributed by atoms with Gasteiger partial charge in [-0.1, -0.05) is 20.8 Å². The largest absolute Gasteiger partial charge is 0.350 e. The molecule has 15 heavy (non-hydrogen) atoms. The SMILES string of the molecule is Cc1ccc(CNC(=O)C(C)(C)C)nn1. The molecular weight excluding hydrogens is 190 g/mol. The number of aromatic nitrogens is 2. The molecule has 1 N–H and O–H groups in total. The van der Waals surface area contributed by atoms with Crippen molar-refractivity contribution in [2.24, 2.45) is 5.41 Å². The minimum absolute atomic E-state index is 0.0184. The molecule has 0 bridgehead atoms. The lowest BCUT2D eigenvalue weighted by molar-refractivity contribution is -0.128. The Hall–Kier alpha value is -1.45. The number of aryl methyl sites for hydroxylation is 1. The minimum Gasteiger partial charge on any atom is -0.350 e. The molecule has 0 aliphatic rings. The first kappa shape index (κ1) is 11.6. The lowest BCUT2D eigenvalue weighted by atomic mass is 9.96. The fraction of sp³-hybridized carbons (Fsp3) is 0.545. The van der Waals surface area contributed by atoms with Gasteiger partial charge in [0.25, 0.3) is 0 Å². The topological polar surface area (TPSA) is 54.9 Å². The molecule has 0 aliphatic carbocycles. The highest BCUT2D eigenvalue weighted by Gasteiger charge is 2.20. The Labute approximate surface area is 90.1 Å². The Morgan fingerprint density at radius 1 is 1.33 bits per heavy atom. The Morgan fingerprint density at radius 3 is 2.47 bits per heavy atom. The monoisotopic (exact) mass is 207 g/mol. The number of amides is 1. The van der Waals surface area contributed by atoms with Crippen LogP contribution in [0.3, 0.4) is 0 Å². The van der Waals surface area contributed by atoms with Crippen LogP contribution in [0.4, 0.5) is 0 Å². The van der Waals surface area contributed by atoms with Crippen LogP contribution in [0.15, 0.2) is 12.1 Å². The summed E-state index contributed by atoms with van der Waals surface area (Å²) in [6.07, 6.45) is 0. The van der Waals surface area contributed by atoms with Gasteiger partial charge in [0.1, 0.15) is 0 Å². The van der Waals surface area contributed by atoms with Crippen LogP contribution in [0.1, 0.15) is 32.2 Å². The van der Waals surface area contributed by atoms with Crippen LogP contribution in [0, 0.1) is 12.3 Å². The van der Waals surface area contributed by atoms with Crippen LogP contribution >= 0.6 is 0 Å². The zero-order valence-electron chi connectivity index (χ0n) is 9.66. The van der Waals surface area contributed by atoms with Crippen molar-refractivity contribution in [3.63, 3.8) is 0 Å². The van der Waals surface area contributed by atoms with Crippen molar-refractivity contribution in [2.75, 3.05) is 0 Å². The average Bonchev–Trinajstić information content (AvgIpc) is 2.15. The molecule has 82 valence electrons. The molecule has 1 rings (SSSR count). The lowest BCUT2D eigenvalue weighted by Crippen LogP contribution is -2.34. The number of rotatable bonds is 2. The molecular formula is C11H17N3O. The van der Waals surface area contributed by atoms with Crippen molar-refractivity contribution in [3.05, 3.63) is 23.5 Å². The lowest BCUT2D eigenvalue weighted by Gasteiger charge is -2.17. The molecule has 1 aromatic heterocycles. The van der Waals surface area contributed by atoms with Gasteiger partial charge in [0.05, 0.1) is 17.9 Å². The summed E-state index contributed by atoms with van der Waals surface area (Å²) in [4.78, 5) is 11.5. The summed E-state index contributed by atoms with van der Waals surface area (Å²) in [5, 5.41) is 10.7. The summed E-state index contributed by atoms with van der Waals surface area (Å²) in [5.41, 5.74) is 1.29. The van der Waals surface area contributed by atoms with E-state index in [-0.39, 0.29) is 11.3 Å². The van der Waals surface area contributed by atoms with Gasteiger partial charge in [-0.2, -0.15) is 10.2 Å². The predicted octanol–water partition coefficient (Wildman–Crippen LogP) is 1.45. The van der Waals surface area contributed by atoms with Crippen LogP contribution in [-0.2, 0) is 11.3 Å². The van der Waals surface area contributed by atoms with Crippen LogP contribution in [-0.4, -0.2) is 16.1 Å². The Balaban J connectivity index is 2.51. The average molecular weight is 207 g/mol. The highest BCUT2D eigenvalue weighted by Crippen LogP contribution is 2.12. The van der Waals surface area contributed by atoms with Gasteiger partial charge in [-0.15, -0.1) is 0 Å². The standard InChI is InChI=1S/C11H17N3O/c1-8-5-6-9(14-13-8)7-12-10(15)11(2,3)4/h5-6H,7H2,1-4H3,(H,12,15). The molecule has 0 aromatic carbocycles. The van der Waals surface area contributed by atoms with Gasteiger partial charge in [0.15, 0.2) is 0 Å².